The van der Waals surface area contributed by atoms with Crippen molar-refractivity contribution in [2.45, 2.75) is 19.3 Å². The van der Waals surface area contributed by atoms with Crippen LogP contribution in [0, 0.1) is 0 Å². The van der Waals surface area contributed by atoms with E-state index in [2.05, 4.69) is 219 Å². The molecular formula is C51H39NSSi. The van der Waals surface area contributed by atoms with Gasteiger partial charge in [-0.15, -0.1) is 11.3 Å². The molecule has 54 heavy (non-hydrogen) atoms. The summed E-state index contributed by atoms with van der Waals surface area (Å²) in [4.78, 5) is 2.46. The molecule has 0 saturated carbocycles. The van der Waals surface area contributed by atoms with E-state index in [1.807, 2.05) is 11.3 Å². The average Bonchev–Trinajstić information content (AvgIpc) is 3.71. The zero-order valence-electron chi connectivity index (χ0n) is 30.4. The van der Waals surface area contributed by atoms with Crippen LogP contribution in [0.5, 0.6) is 0 Å². The molecule has 9 aromatic rings. The molecule has 1 heterocycles. The lowest BCUT2D eigenvalue weighted by atomic mass is 9.82. The van der Waals surface area contributed by atoms with Gasteiger partial charge in [0.1, 0.15) is 0 Å². The molecule has 0 unspecified atom stereocenters. The predicted octanol–water partition coefficient (Wildman–Crippen LogP) is 11.2. The smallest absolute Gasteiger partial charge is 0.179 e. The lowest BCUT2D eigenvalue weighted by Crippen LogP contribution is -2.74. The zero-order chi connectivity index (χ0) is 36.3. The van der Waals surface area contributed by atoms with Crippen LogP contribution in [-0.2, 0) is 5.41 Å². The van der Waals surface area contributed by atoms with E-state index in [4.69, 9.17) is 0 Å². The molecule has 0 N–H and O–H groups in total. The molecule has 1 aliphatic carbocycles. The topological polar surface area (TPSA) is 3.24 Å². The quantitative estimate of drug-likeness (QED) is 0.117. The highest BCUT2D eigenvalue weighted by atomic mass is 32.1. The summed E-state index contributed by atoms with van der Waals surface area (Å²) in [6.45, 7) is 4.73. The van der Waals surface area contributed by atoms with Gasteiger partial charge >= 0.3 is 0 Å². The van der Waals surface area contributed by atoms with Gasteiger partial charge in [0.25, 0.3) is 0 Å². The van der Waals surface area contributed by atoms with E-state index in [-0.39, 0.29) is 5.41 Å². The number of thiophene rings is 1. The van der Waals surface area contributed by atoms with Crippen LogP contribution < -0.4 is 25.6 Å². The Morgan fingerprint density at radius 2 is 0.870 bits per heavy atom. The maximum absolute atomic E-state index is 2.66. The van der Waals surface area contributed by atoms with E-state index in [0.717, 1.165) is 11.4 Å². The first-order valence-corrected chi connectivity index (χ1v) is 21.6. The fourth-order valence-electron chi connectivity index (χ4n) is 9.06. The second-order valence-corrected chi connectivity index (χ2v) is 19.8. The predicted molar refractivity (Wildman–Crippen MR) is 235 cm³/mol. The van der Waals surface area contributed by atoms with E-state index >= 15 is 0 Å². The number of rotatable bonds is 7. The Kier molecular flexibility index (Phi) is 7.76. The van der Waals surface area contributed by atoms with Crippen LogP contribution in [0.2, 0.25) is 0 Å². The van der Waals surface area contributed by atoms with Crippen LogP contribution >= 0.6 is 11.3 Å². The third-order valence-electron chi connectivity index (χ3n) is 11.6. The van der Waals surface area contributed by atoms with Crippen LogP contribution in [0.4, 0.5) is 17.1 Å². The normalized spacial score (nSPS) is 13.1. The second-order valence-electron chi connectivity index (χ2n) is 14.9. The first kappa shape index (κ1) is 32.6. The summed E-state index contributed by atoms with van der Waals surface area (Å²) < 4.78 is 2.63. The van der Waals surface area contributed by atoms with E-state index in [0.29, 0.717) is 0 Å². The highest BCUT2D eigenvalue weighted by molar-refractivity contribution is 7.25. The van der Waals surface area contributed by atoms with Crippen LogP contribution in [-0.4, -0.2) is 8.07 Å². The Labute approximate surface area is 322 Å². The maximum Gasteiger partial charge on any atom is 0.179 e. The minimum absolute atomic E-state index is 0.1000. The molecule has 0 bridgehead atoms. The van der Waals surface area contributed by atoms with Crippen molar-refractivity contribution < 1.29 is 0 Å². The molecule has 258 valence electrons. The van der Waals surface area contributed by atoms with E-state index in [9.17, 15) is 0 Å². The van der Waals surface area contributed by atoms with Gasteiger partial charge in [-0.2, -0.15) is 0 Å². The van der Waals surface area contributed by atoms with Gasteiger partial charge in [0, 0.05) is 42.6 Å². The molecular weight excluding hydrogens is 687 g/mol. The van der Waals surface area contributed by atoms with Crippen molar-refractivity contribution in [1.29, 1.82) is 0 Å². The van der Waals surface area contributed by atoms with Crippen molar-refractivity contribution in [2.75, 3.05) is 4.90 Å². The Hall–Kier alpha value is -6.00. The Morgan fingerprint density at radius 1 is 0.389 bits per heavy atom. The first-order valence-electron chi connectivity index (χ1n) is 18.8. The lowest BCUT2D eigenvalue weighted by Gasteiger charge is -2.35. The minimum atomic E-state index is -2.66. The molecule has 10 rings (SSSR count). The zero-order valence-corrected chi connectivity index (χ0v) is 32.2. The summed E-state index contributed by atoms with van der Waals surface area (Å²) in [6.07, 6.45) is 0. The number of fused-ring (bicyclic) bond motifs is 6. The third kappa shape index (κ3) is 5.04. The SMILES string of the molecule is CC1(C)c2ccccc2-c2ccc(N(c3ccc([Si](c4ccccc4)(c4ccccc4)c4ccccc4)cc3)c3ccc4sc5ccccc5c4c3)cc21. The molecule has 0 saturated heterocycles. The van der Waals surface area contributed by atoms with Crippen LogP contribution in [0.1, 0.15) is 25.0 Å². The molecule has 1 aliphatic rings. The molecule has 0 amide bonds. The number of nitrogens with zero attached hydrogens (tertiary/aromatic N) is 1. The summed E-state index contributed by atoms with van der Waals surface area (Å²) >= 11 is 1.87. The lowest BCUT2D eigenvalue weighted by molar-refractivity contribution is 0.660. The van der Waals surface area contributed by atoms with E-state index in [1.54, 1.807) is 0 Å². The van der Waals surface area contributed by atoms with Gasteiger partial charge < -0.3 is 4.90 Å². The largest absolute Gasteiger partial charge is 0.310 e. The average molecular weight is 726 g/mol. The summed E-state index contributed by atoms with van der Waals surface area (Å²) in [7, 11) is -2.66. The first-order chi connectivity index (χ1) is 26.5. The van der Waals surface area contributed by atoms with Crippen molar-refractivity contribution >= 4 is 77.4 Å². The highest BCUT2D eigenvalue weighted by Crippen LogP contribution is 2.51. The van der Waals surface area contributed by atoms with Gasteiger partial charge in [-0.25, -0.2) is 0 Å². The van der Waals surface area contributed by atoms with E-state index < -0.39 is 8.07 Å². The molecule has 8 aromatic carbocycles. The molecule has 0 radical (unpaired) electrons. The monoisotopic (exact) mass is 725 g/mol. The van der Waals surface area contributed by atoms with Crippen LogP contribution in [0.15, 0.2) is 200 Å². The van der Waals surface area contributed by atoms with Crippen molar-refractivity contribution in [3.05, 3.63) is 211 Å². The number of benzene rings is 8. The van der Waals surface area contributed by atoms with Crippen molar-refractivity contribution in [1.82, 2.24) is 0 Å². The molecule has 0 fully saturated rings. The van der Waals surface area contributed by atoms with Crippen molar-refractivity contribution in [3.8, 4) is 11.1 Å². The third-order valence-corrected chi connectivity index (χ3v) is 17.6. The minimum Gasteiger partial charge on any atom is -0.310 e. The fraction of sp³-hybridized carbons (Fsp3) is 0.0588. The molecule has 0 aliphatic heterocycles. The standard InChI is InChI=1S/C51H39NSSi/c1-51(2)47-24-14-12-22-43(47)44-32-28-38(35-48(44)51)52(37-29-33-50-46(34-37)45-23-13-15-25-49(45)53-50)36-26-30-42(31-27-36)54(39-16-6-3-7-17-39,40-18-8-4-9-19-40)41-20-10-5-11-21-41/h3-35H,1-2H3. The van der Waals surface area contributed by atoms with Gasteiger partial charge in [-0.3, -0.25) is 0 Å². The Morgan fingerprint density at radius 3 is 1.54 bits per heavy atom. The Balaban J connectivity index is 1.18. The second kappa shape index (κ2) is 12.8. The van der Waals surface area contributed by atoms with E-state index in [1.165, 1.54) is 68.9 Å². The number of hydrogen-bond donors (Lipinski definition) is 0. The van der Waals surface area contributed by atoms with Gasteiger partial charge in [0.15, 0.2) is 8.07 Å². The molecule has 1 aromatic heterocycles. The van der Waals surface area contributed by atoms with Crippen LogP contribution in [0.3, 0.4) is 0 Å². The molecule has 1 nitrogen and oxygen atoms in total. The molecule has 0 atom stereocenters. The fourth-order valence-corrected chi connectivity index (χ4v) is 14.9. The molecule has 3 heteroatoms. The van der Waals surface area contributed by atoms with Gasteiger partial charge in [0.2, 0.25) is 0 Å². The maximum atomic E-state index is 2.46. The number of anilines is 3. The van der Waals surface area contributed by atoms with Crippen LogP contribution in [0.25, 0.3) is 31.3 Å². The highest BCUT2D eigenvalue weighted by Gasteiger charge is 2.41. The summed E-state index contributed by atoms with van der Waals surface area (Å²) in [5.41, 5.74) is 8.80. The summed E-state index contributed by atoms with van der Waals surface area (Å²) in [6, 6.07) is 74.8. The number of hydrogen-bond acceptors (Lipinski definition) is 2. The summed E-state index contributed by atoms with van der Waals surface area (Å²) in [5, 5.41) is 8.10. The summed E-state index contributed by atoms with van der Waals surface area (Å²) in [5.74, 6) is 0. The van der Waals surface area contributed by atoms with Crippen molar-refractivity contribution in [2.24, 2.45) is 0 Å². The van der Waals surface area contributed by atoms with Crippen molar-refractivity contribution in [3.63, 3.8) is 0 Å². The van der Waals surface area contributed by atoms with Gasteiger partial charge in [-0.05, 0) is 91.5 Å². The van der Waals surface area contributed by atoms with Gasteiger partial charge in [-0.1, -0.05) is 166 Å². The molecule has 0 spiro atoms. The van der Waals surface area contributed by atoms with Gasteiger partial charge in [0.05, 0.1) is 0 Å². The Bertz CT molecular complexity index is 2690.